The number of nitro groups is 1. The SMILES string of the molecule is COc1cc(C(C#N)C(C)C)c([N+](=O)[O-])cc1OC. The molecule has 1 aromatic rings. The van der Waals surface area contributed by atoms with Gasteiger partial charge in [-0.05, 0) is 12.0 Å². The third-order valence-corrected chi connectivity index (χ3v) is 2.87. The average Bonchev–Trinajstić information content (AvgIpc) is 2.38. The van der Waals surface area contributed by atoms with Crippen molar-refractivity contribution in [3.63, 3.8) is 0 Å². The van der Waals surface area contributed by atoms with Gasteiger partial charge in [0.25, 0.3) is 5.69 Å². The predicted molar refractivity (Wildman–Crippen MR) is 69.4 cm³/mol. The second-order valence-corrected chi connectivity index (χ2v) is 4.37. The van der Waals surface area contributed by atoms with E-state index in [1.54, 1.807) is 0 Å². The Morgan fingerprint density at radius 2 is 1.79 bits per heavy atom. The number of hydrogen-bond donors (Lipinski definition) is 0. The number of ether oxygens (including phenoxy) is 2. The lowest BCUT2D eigenvalue weighted by atomic mass is 9.88. The first-order valence-corrected chi connectivity index (χ1v) is 5.76. The Kier molecular flexibility index (Phi) is 4.70. The fourth-order valence-electron chi connectivity index (χ4n) is 1.87. The summed E-state index contributed by atoms with van der Waals surface area (Å²) in [6.07, 6.45) is 0. The van der Waals surface area contributed by atoms with Gasteiger partial charge >= 0.3 is 0 Å². The molecule has 6 heteroatoms. The normalized spacial score (nSPS) is 11.8. The van der Waals surface area contributed by atoms with Crippen LogP contribution in [0, 0.1) is 27.4 Å². The highest BCUT2D eigenvalue weighted by atomic mass is 16.6. The molecular weight excluding hydrogens is 248 g/mol. The van der Waals surface area contributed by atoms with Crippen LogP contribution in [0.5, 0.6) is 11.5 Å². The van der Waals surface area contributed by atoms with Gasteiger partial charge in [0.15, 0.2) is 11.5 Å². The molecule has 0 aliphatic rings. The number of methoxy groups -OCH3 is 2. The largest absolute Gasteiger partial charge is 0.493 e. The van der Waals surface area contributed by atoms with E-state index >= 15 is 0 Å². The molecule has 19 heavy (non-hydrogen) atoms. The smallest absolute Gasteiger partial charge is 0.277 e. The number of hydrogen-bond acceptors (Lipinski definition) is 5. The van der Waals surface area contributed by atoms with Gasteiger partial charge in [-0.25, -0.2) is 0 Å². The Bertz CT molecular complexity index is 520. The Labute approximate surface area is 111 Å². The molecule has 6 nitrogen and oxygen atoms in total. The molecular formula is C13H16N2O4. The van der Waals surface area contributed by atoms with Crippen molar-refractivity contribution >= 4 is 5.69 Å². The number of nitriles is 1. The third kappa shape index (κ3) is 2.94. The van der Waals surface area contributed by atoms with Crippen LogP contribution in [0.1, 0.15) is 25.3 Å². The Morgan fingerprint density at radius 3 is 2.16 bits per heavy atom. The maximum Gasteiger partial charge on any atom is 0.277 e. The van der Waals surface area contributed by atoms with Crippen LogP contribution in [-0.2, 0) is 0 Å². The summed E-state index contributed by atoms with van der Waals surface area (Å²) in [5, 5.41) is 20.3. The summed E-state index contributed by atoms with van der Waals surface area (Å²) in [5.74, 6) is 0.0457. The third-order valence-electron chi connectivity index (χ3n) is 2.87. The van der Waals surface area contributed by atoms with Gasteiger partial charge in [-0.2, -0.15) is 5.26 Å². The Balaban J connectivity index is 3.52. The van der Waals surface area contributed by atoms with E-state index in [9.17, 15) is 15.4 Å². The maximum atomic E-state index is 11.1. The van der Waals surface area contributed by atoms with E-state index in [4.69, 9.17) is 9.47 Å². The van der Waals surface area contributed by atoms with Crippen molar-refractivity contribution in [1.82, 2.24) is 0 Å². The van der Waals surface area contributed by atoms with Crippen molar-refractivity contribution in [3.05, 3.63) is 27.8 Å². The lowest BCUT2D eigenvalue weighted by Crippen LogP contribution is -2.08. The van der Waals surface area contributed by atoms with Gasteiger partial charge in [-0.1, -0.05) is 13.8 Å². The van der Waals surface area contributed by atoms with Crippen LogP contribution in [0.4, 0.5) is 5.69 Å². The summed E-state index contributed by atoms with van der Waals surface area (Å²) in [5.41, 5.74) is 0.220. The molecule has 0 N–H and O–H groups in total. The molecule has 0 radical (unpaired) electrons. The molecule has 0 saturated carbocycles. The highest BCUT2D eigenvalue weighted by Crippen LogP contribution is 2.39. The first-order valence-electron chi connectivity index (χ1n) is 5.76. The van der Waals surface area contributed by atoms with E-state index < -0.39 is 10.8 Å². The highest BCUT2D eigenvalue weighted by molar-refractivity contribution is 5.56. The first kappa shape index (κ1) is 14.8. The average molecular weight is 264 g/mol. The Hall–Kier alpha value is -2.29. The van der Waals surface area contributed by atoms with Gasteiger partial charge in [0.05, 0.1) is 42.8 Å². The predicted octanol–water partition coefficient (Wildman–Crippen LogP) is 2.88. The van der Waals surface area contributed by atoms with Gasteiger partial charge in [0.2, 0.25) is 0 Å². The summed E-state index contributed by atoms with van der Waals surface area (Å²) >= 11 is 0. The van der Waals surface area contributed by atoms with Crippen LogP contribution in [-0.4, -0.2) is 19.1 Å². The maximum absolute atomic E-state index is 11.1. The quantitative estimate of drug-likeness (QED) is 0.603. The van der Waals surface area contributed by atoms with E-state index in [0.717, 1.165) is 0 Å². The molecule has 1 rings (SSSR count). The van der Waals surface area contributed by atoms with Crippen LogP contribution in [0.2, 0.25) is 0 Å². The van der Waals surface area contributed by atoms with Gasteiger partial charge in [0, 0.05) is 0 Å². The number of nitrogens with zero attached hydrogens (tertiary/aromatic N) is 2. The molecule has 0 aliphatic heterocycles. The fourth-order valence-corrected chi connectivity index (χ4v) is 1.87. The zero-order valence-electron chi connectivity index (χ0n) is 11.3. The van der Waals surface area contributed by atoms with Crippen molar-refractivity contribution in [3.8, 4) is 17.6 Å². The molecule has 0 heterocycles. The summed E-state index contributed by atoms with van der Waals surface area (Å²) in [7, 11) is 2.86. The van der Waals surface area contributed by atoms with Crippen LogP contribution in [0.25, 0.3) is 0 Å². The first-order chi connectivity index (χ1) is 8.96. The van der Waals surface area contributed by atoms with Crippen molar-refractivity contribution in [2.24, 2.45) is 5.92 Å². The number of benzene rings is 1. The van der Waals surface area contributed by atoms with Crippen LogP contribution in [0.3, 0.4) is 0 Å². The van der Waals surface area contributed by atoms with E-state index in [2.05, 4.69) is 6.07 Å². The molecule has 0 bridgehead atoms. The number of rotatable bonds is 5. The molecule has 1 unspecified atom stereocenters. The highest BCUT2D eigenvalue weighted by Gasteiger charge is 2.27. The summed E-state index contributed by atoms with van der Waals surface area (Å²) < 4.78 is 10.2. The van der Waals surface area contributed by atoms with Crippen LogP contribution < -0.4 is 9.47 Å². The van der Waals surface area contributed by atoms with Gasteiger partial charge in [0.1, 0.15) is 0 Å². The van der Waals surface area contributed by atoms with Gasteiger partial charge in [-0.15, -0.1) is 0 Å². The van der Waals surface area contributed by atoms with Crippen molar-refractivity contribution < 1.29 is 14.4 Å². The van der Waals surface area contributed by atoms with Gasteiger partial charge < -0.3 is 9.47 Å². The second-order valence-electron chi connectivity index (χ2n) is 4.37. The summed E-state index contributed by atoms with van der Waals surface area (Å²) in [6.45, 7) is 3.68. The zero-order chi connectivity index (χ0) is 14.6. The van der Waals surface area contributed by atoms with Gasteiger partial charge in [-0.3, -0.25) is 10.1 Å². The van der Waals surface area contributed by atoms with E-state index in [-0.39, 0.29) is 17.4 Å². The molecule has 0 amide bonds. The topological polar surface area (TPSA) is 85.4 Å². The van der Waals surface area contributed by atoms with Crippen molar-refractivity contribution in [2.45, 2.75) is 19.8 Å². The molecule has 0 fully saturated rings. The van der Waals surface area contributed by atoms with E-state index in [0.29, 0.717) is 11.3 Å². The lowest BCUT2D eigenvalue weighted by Gasteiger charge is -2.16. The lowest BCUT2D eigenvalue weighted by molar-refractivity contribution is -0.385. The minimum Gasteiger partial charge on any atom is -0.493 e. The minimum absolute atomic E-state index is 0.0400. The molecule has 0 aromatic heterocycles. The van der Waals surface area contributed by atoms with Crippen molar-refractivity contribution in [1.29, 1.82) is 5.26 Å². The summed E-state index contributed by atoms with van der Waals surface area (Å²) in [4.78, 5) is 10.6. The van der Waals surface area contributed by atoms with Crippen molar-refractivity contribution in [2.75, 3.05) is 14.2 Å². The fraction of sp³-hybridized carbons (Fsp3) is 0.462. The number of nitro benzene ring substituents is 1. The monoisotopic (exact) mass is 264 g/mol. The molecule has 1 atom stereocenters. The summed E-state index contributed by atoms with van der Waals surface area (Å²) in [6, 6.07) is 4.90. The Morgan fingerprint density at radius 1 is 1.26 bits per heavy atom. The molecule has 0 saturated heterocycles. The molecule has 102 valence electrons. The standard InChI is InChI=1S/C13H16N2O4/c1-8(2)10(7-14)9-5-12(18-3)13(19-4)6-11(9)15(16)17/h5-6,8,10H,1-4H3. The van der Waals surface area contributed by atoms with E-state index in [1.165, 1.54) is 26.4 Å². The minimum atomic E-state index is -0.569. The molecule has 1 aromatic carbocycles. The molecule has 0 aliphatic carbocycles. The molecule has 0 spiro atoms. The van der Waals surface area contributed by atoms with Crippen LogP contribution >= 0.6 is 0 Å². The van der Waals surface area contributed by atoms with E-state index in [1.807, 2.05) is 13.8 Å². The van der Waals surface area contributed by atoms with Crippen LogP contribution in [0.15, 0.2) is 12.1 Å². The second kappa shape index (κ2) is 6.05. The zero-order valence-corrected chi connectivity index (χ0v) is 11.3.